The van der Waals surface area contributed by atoms with E-state index in [-0.39, 0.29) is 4.90 Å². The summed E-state index contributed by atoms with van der Waals surface area (Å²) in [5.74, 6) is 0. The zero-order valence-corrected chi connectivity index (χ0v) is 15.9. The maximum absolute atomic E-state index is 13.1. The van der Waals surface area contributed by atoms with Gasteiger partial charge in [-0.25, -0.2) is 17.4 Å². The molecule has 132 valence electrons. The number of nitrogens with zero attached hydrogens (tertiary/aromatic N) is 3. The molecule has 3 aromatic rings. The molecule has 1 aromatic carbocycles. The molecule has 0 aliphatic rings. The average Bonchev–Trinajstić information content (AvgIpc) is 3.29. The van der Waals surface area contributed by atoms with Crippen LogP contribution in [0.3, 0.4) is 0 Å². The van der Waals surface area contributed by atoms with E-state index in [1.165, 1.54) is 15.6 Å². The lowest BCUT2D eigenvalue weighted by atomic mass is 10.3. The lowest BCUT2D eigenvalue weighted by molar-refractivity contribution is 0.459. The van der Waals surface area contributed by atoms with Gasteiger partial charge in [0.25, 0.3) is 0 Å². The Morgan fingerprint density at radius 3 is 2.56 bits per heavy atom. The summed E-state index contributed by atoms with van der Waals surface area (Å²) in [6.45, 7) is 2.55. The first kappa shape index (κ1) is 17.8. The van der Waals surface area contributed by atoms with E-state index in [0.29, 0.717) is 12.2 Å². The van der Waals surface area contributed by atoms with Crippen molar-refractivity contribution in [1.82, 2.24) is 14.1 Å². The van der Waals surface area contributed by atoms with Crippen LogP contribution >= 0.6 is 11.3 Å². The molecule has 3 rings (SSSR count). The van der Waals surface area contributed by atoms with E-state index in [0.717, 1.165) is 23.4 Å². The summed E-state index contributed by atoms with van der Waals surface area (Å²) in [4.78, 5) is 1.09. The Labute approximate surface area is 152 Å². The van der Waals surface area contributed by atoms with Crippen LogP contribution in [0.15, 0.2) is 58.9 Å². The number of sulfonamides is 1. The fraction of sp³-hybridized carbons (Fsp3) is 0.278. The molecule has 0 bridgehead atoms. The summed E-state index contributed by atoms with van der Waals surface area (Å²) in [5, 5.41) is 6.50. The Balaban J connectivity index is 2.10. The first-order valence-electron chi connectivity index (χ1n) is 8.19. The number of benzene rings is 1. The Hall–Kier alpha value is -1.96. The highest BCUT2D eigenvalue weighted by atomic mass is 32.2. The first-order chi connectivity index (χ1) is 12.0. The van der Waals surface area contributed by atoms with E-state index >= 15 is 0 Å². The number of thiophene rings is 1. The topological polar surface area (TPSA) is 55.2 Å². The summed E-state index contributed by atoms with van der Waals surface area (Å²) in [6.07, 6.45) is 3.39. The molecule has 0 spiro atoms. The van der Waals surface area contributed by atoms with E-state index in [2.05, 4.69) is 5.10 Å². The van der Waals surface area contributed by atoms with Gasteiger partial charge >= 0.3 is 0 Å². The fourth-order valence-electron chi connectivity index (χ4n) is 2.51. The standard InChI is InChI=1S/C18H21N3O2S2/c1-3-4-12-20(2)25(22,23)17-14-21(15-9-6-5-7-10-15)19-18(17)16-11-8-13-24-16/h5-11,13-14H,3-4,12H2,1-2H3. The predicted octanol–water partition coefficient (Wildman–Crippen LogP) is 4.02. The normalized spacial score (nSPS) is 12.0. The SMILES string of the molecule is CCCCN(C)S(=O)(=O)c1cn(-c2ccccc2)nc1-c1cccs1. The molecular weight excluding hydrogens is 354 g/mol. The maximum Gasteiger partial charge on any atom is 0.246 e. The smallest absolute Gasteiger partial charge is 0.239 e. The van der Waals surface area contributed by atoms with Gasteiger partial charge in [-0.1, -0.05) is 37.6 Å². The van der Waals surface area contributed by atoms with Gasteiger partial charge in [0.05, 0.1) is 16.8 Å². The highest BCUT2D eigenvalue weighted by Gasteiger charge is 2.28. The molecule has 0 atom stereocenters. The van der Waals surface area contributed by atoms with Crippen molar-refractivity contribution in [3.8, 4) is 16.3 Å². The maximum atomic E-state index is 13.1. The number of rotatable bonds is 7. The molecule has 25 heavy (non-hydrogen) atoms. The second-order valence-electron chi connectivity index (χ2n) is 5.78. The van der Waals surface area contributed by atoms with Crippen LogP contribution in [0.4, 0.5) is 0 Å². The minimum absolute atomic E-state index is 0.248. The molecule has 0 unspecified atom stereocenters. The molecule has 2 aromatic heterocycles. The van der Waals surface area contributed by atoms with Gasteiger partial charge < -0.3 is 0 Å². The minimum atomic E-state index is -3.60. The summed E-state index contributed by atoms with van der Waals surface area (Å²) in [7, 11) is -1.97. The van der Waals surface area contributed by atoms with Crippen molar-refractivity contribution in [2.45, 2.75) is 24.7 Å². The molecule has 0 radical (unpaired) electrons. The van der Waals surface area contributed by atoms with Gasteiger partial charge in [-0.05, 0) is 30.0 Å². The molecule has 7 heteroatoms. The van der Waals surface area contributed by atoms with Gasteiger partial charge in [0, 0.05) is 13.6 Å². The quantitative estimate of drug-likeness (QED) is 0.627. The van der Waals surface area contributed by atoms with Gasteiger partial charge in [-0.15, -0.1) is 11.3 Å². The number of para-hydroxylation sites is 1. The lowest BCUT2D eigenvalue weighted by Gasteiger charge is -2.16. The Kier molecular flexibility index (Phi) is 5.36. The van der Waals surface area contributed by atoms with Gasteiger partial charge in [0.15, 0.2) is 0 Å². The zero-order valence-electron chi connectivity index (χ0n) is 14.3. The van der Waals surface area contributed by atoms with Crippen molar-refractivity contribution < 1.29 is 8.42 Å². The Morgan fingerprint density at radius 2 is 1.92 bits per heavy atom. The van der Waals surface area contributed by atoms with Crippen molar-refractivity contribution in [2.24, 2.45) is 0 Å². The van der Waals surface area contributed by atoms with E-state index in [1.54, 1.807) is 17.9 Å². The largest absolute Gasteiger partial charge is 0.246 e. The first-order valence-corrected chi connectivity index (χ1v) is 10.5. The fourth-order valence-corrected chi connectivity index (χ4v) is 4.63. The molecule has 0 aliphatic heterocycles. The molecule has 0 aliphatic carbocycles. The molecular formula is C18H21N3O2S2. The summed E-state index contributed by atoms with van der Waals surface area (Å²) in [5.41, 5.74) is 1.33. The van der Waals surface area contributed by atoms with E-state index < -0.39 is 10.0 Å². The van der Waals surface area contributed by atoms with Crippen LogP contribution in [0.1, 0.15) is 19.8 Å². The molecule has 0 saturated heterocycles. The van der Waals surface area contributed by atoms with Crippen LogP contribution < -0.4 is 0 Å². The van der Waals surface area contributed by atoms with Crippen molar-refractivity contribution >= 4 is 21.4 Å². The van der Waals surface area contributed by atoms with Crippen LogP contribution in [0.5, 0.6) is 0 Å². The van der Waals surface area contributed by atoms with Gasteiger partial charge in [0.1, 0.15) is 10.6 Å². The van der Waals surface area contributed by atoms with Gasteiger partial charge in [-0.2, -0.15) is 5.10 Å². The number of hydrogen-bond acceptors (Lipinski definition) is 4. The second-order valence-corrected chi connectivity index (χ2v) is 8.74. The van der Waals surface area contributed by atoms with Crippen molar-refractivity contribution in [1.29, 1.82) is 0 Å². The summed E-state index contributed by atoms with van der Waals surface area (Å²) in [6, 6.07) is 13.3. The van der Waals surface area contributed by atoms with Crippen molar-refractivity contribution in [3.63, 3.8) is 0 Å². The van der Waals surface area contributed by atoms with E-state index in [1.807, 2.05) is 54.8 Å². The summed E-state index contributed by atoms with van der Waals surface area (Å²) < 4.78 is 29.2. The molecule has 0 saturated carbocycles. The van der Waals surface area contributed by atoms with Gasteiger partial charge in [-0.3, -0.25) is 0 Å². The van der Waals surface area contributed by atoms with Crippen molar-refractivity contribution in [2.75, 3.05) is 13.6 Å². The third kappa shape index (κ3) is 3.68. The lowest BCUT2D eigenvalue weighted by Crippen LogP contribution is -2.28. The average molecular weight is 376 g/mol. The molecule has 0 N–H and O–H groups in total. The Bertz CT molecular complexity index is 917. The van der Waals surface area contributed by atoms with Gasteiger partial charge in [0.2, 0.25) is 10.0 Å². The highest BCUT2D eigenvalue weighted by Crippen LogP contribution is 2.32. The number of aromatic nitrogens is 2. The Morgan fingerprint density at radius 1 is 1.16 bits per heavy atom. The minimum Gasteiger partial charge on any atom is -0.239 e. The van der Waals surface area contributed by atoms with Crippen LogP contribution in [-0.2, 0) is 10.0 Å². The third-order valence-corrected chi connectivity index (χ3v) is 6.71. The van der Waals surface area contributed by atoms with Crippen molar-refractivity contribution in [3.05, 3.63) is 54.0 Å². The predicted molar refractivity (Wildman–Crippen MR) is 102 cm³/mol. The molecule has 0 amide bonds. The monoisotopic (exact) mass is 375 g/mol. The third-order valence-electron chi connectivity index (χ3n) is 3.97. The summed E-state index contributed by atoms with van der Waals surface area (Å²) >= 11 is 1.49. The molecule has 5 nitrogen and oxygen atoms in total. The molecule has 2 heterocycles. The number of hydrogen-bond donors (Lipinski definition) is 0. The van der Waals surface area contributed by atoms with Crippen LogP contribution in [0.25, 0.3) is 16.3 Å². The van der Waals surface area contributed by atoms with Crippen LogP contribution in [-0.4, -0.2) is 36.1 Å². The molecule has 0 fully saturated rings. The van der Waals surface area contributed by atoms with Crippen LogP contribution in [0.2, 0.25) is 0 Å². The second kappa shape index (κ2) is 7.51. The van der Waals surface area contributed by atoms with E-state index in [9.17, 15) is 8.42 Å². The number of unbranched alkanes of at least 4 members (excludes halogenated alkanes) is 1. The van der Waals surface area contributed by atoms with E-state index in [4.69, 9.17) is 0 Å². The highest BCUT2D eigenvalue weighted by molar-refractivity contribution is 7.89. The zero-order chi connectivity index (χ0) is 17.9. The van der Waals surface area contributed by atoms with Crippen LogP contribution in [0, 0.1) is 0 Å².